The van der Waals surface area contributed by atoms with Crippen LogP contribution >= 0.6 is 0 Å². The van der Waals surface area contributed by atoms with E-state index in [-0.39, 0.29) is 0 Å². The molecule has 0 bridgehead atoms. The monoisotopic (exact) mass is 293 g/mol. The quantitative estimate of drug-likeness (QED) is 0.833. The van der Waals surface area contributed by atoms with Gasteiger partial charge in [-0.2, -0.15) is 0 Å². The van der Waals surface area contributed by atoms with E-state index >= 15 is 0 Å². The summed E-state index contributed by atoms with van der Waals surface area (Å²) in [4.78, 5) is 22.3. The number of carbonyl (C=O) groups excluding carboxylic acids is 1. The molecule has 0 unspecified atom stereocenters. The average Bonchev–Trinajstić information content (AvgIpc) is 2.34. The van der Waals surface area contributed by atoms with Crippen molar-refractivity contribution in [1.82, 2.24) is 0 Å². The van der Waals surface area contributed by atoms with E-state index in [4.69, 9.17) is 14.6 Å². The molecular weight excluding hydrogens is 274 g/mol. The smallest absolute Gasteiger partial charge is 0.412 e. The Morgan fingerprint density at radius 2 is 1.95 bits per heavy atom. The largest absolute Gasteiger partial charge is 0.496 e. The molecule has 0 saturated heterocycles. The van der Waals surface area contributed by atoms with Crippen LogP contribution in [0.5, 0.6) is 5.75 Å². The third-order valence-electron chi connectivity index (χ3n) is 2.28. The fourth-order valence-corrected chi connectivity index (χ4v) is 1.52. The highest BCUT2D eigenvalue weighted by Gasteiger charge is 2.16. The van der Waals surface area contributed by atoms with Crippen molar-refractivity contribution in [2.45, 2.75) is 26.4 Å². The van der Waals surface area contributed by atoms with Crippen LogP contribution in [-0.2, 0) is 9.53 Å². The molecule has 114 valence electrons. The summed E-state index contributed by atoms with van der Waals surface area (Å²) in [6.45, 7) is 5.30. The van der Waals surface area contributed by atoms with Gasteiger partial charge >= 0.3 is 12.1 Å². The minimum atomic E-state index is -1.07. The van der Waals surface area contributed by atoms with Gasteiger partial charge in [-0.15, -0.1) is 0 Å². The molecule has 2 N–H and O–H groups in total. The topological polar surface area (TPSA) is 84.9 Å². The van der Waals surface area contributed by atoms with Crippen LogP contribution in [-0.4, -0.2) is 29.9 Å². The summed E-state index contributed by atoms with van der Waals surface area (Å²) in [5, 5.41) is 11.2. The van der Waals surface area contributed by atoms with E-state index in [0.29, 0.717) is 17.0 Å². The van der Waals surface area contributed by atoms with Gasteiger partial charge in [0.2, 0.25) is 0 Å². The minimum absolute atomic E-state index is 0.482. The van der Waals surface area contributed by atoms with Gasteiger partial charge in [-0.25, -0.2) is 9.59 Å². The molecule has 0 fully saturated rings. The molecule has 1 aromatic rings. The maximum atomic E-state index is 11.7. The lowest BCUT2D eigenvalue weighted by atomic mass is 10.1. The lowest BCUT2D eigenvalue weighted by Gasteiger charge is -2.19. The first-order valence-electron chi connectivity index (χ1n) is 6.30. The molecule has 0 aliphatic heterocycles. The van der Waals surface area contributed by atoms with Gasteiger partial charge in [-0.1, -0.05) is 0 Å². The zero-order valence-corrected chi connectivity index (χ0v) is 12.5. The molecule has 21 heavy (non-hydrogen) atoms. The SMILES string of the molecule is COc1ccc(NC(=O)OC(C)(C)C)cc1/C=C/C(=O)O. The van der Waals surface area contributed by atoms with E-state index in [2.05, 4.69) is 5.32 Å². The Morgan fingerprint density at radius 1 is 1.29 bits per heavy atom. The van der Waals surface area contributed by atoms with E-state index in [0.717, 1.165) is 6.08 Å². The zero-order chi connectivity index (χ0) is 16.0. The van der Waals surface area contributed by atoms with Crippen LogP contribution < -0.4 is 10.1 Å². The van der Waals surface area contributed by atoms with Crippen LogP contribution in [0, 0.1) is 0 Å². The number of hydrogen-bond acceptors (Lipinski definition) is 4. The molecule has 0 atom stereocenters. The average molecular weight is 293 g/mol. The number of carboxylic acid groups (broad SMARTS) is 1. The van der Waals surface area contributed by atoms with Gasteiger partial charge in [0.25, 0.3) is 0 Å². The Hall–Kier alpha value is -2.50. The number of carboxylic acids is 1. The lowest BCUT2D eigenvalue weighted by molar-refractivity contribution is -0.131. The van der Waals surface area contributed by atoms with E-state index in [1.54, 1.807) is 39.0 Å². The number of hydrogen-bond donors (Lipinski definition) is 2. The molecule has 1 rings (SSSR count). The predicted octanol–water partition coefficient (Wildman–Crippen LogP) is 3.14. The van der Waals surface area contributed by atoms with E-state index in [9.17, 15) is 9.59 Å². The fraction of sp³-hybridized carbons (Fsp3) is 0.333. The van der Waals surface area contributed by atoms with Gasteiger partial charge in [0, 0.05) is 17.3 Å². The van der Waals surface area contributed by atoms with Gasteiger partial charge in [-0.05, 0) is 45.0 Å². The first-order valence-corrected chi connectivity index (χ1v) is 6.30. The van der Waals surface area contributed by atoms with Crippen molar-refractivity contribution in [1.29, 1.82) is 0 Å². The number of rotatable bonds is 4. The van der Waals surface area contributed by atoms with E-state index in [1.165, 1.54) is 13.2 Å². The normalized spacial score (nSPS) is 11.2. The predicted molar refractivity (Wildman–Crippen MR) is 79.5 cm³/mol. The molecule has 0 saturated carbocycles. The highest BCUT2D eigenvalue weighted by molar-refractivity contribution is 5.88. The van der Waals surface area contributed by atoms with Crippen LogP contribution in [0.3, 0.4) is 0 Å². The van der Waals surface area contributed by atoms with Gasteiger partial charge in [0.15, 0.2) is 0 Å². The summed E-state index contributed by atoms with van der Waals surface area (Å²) in [6, 6.07) is 4.87. The van der Waals surface area contributed by atoms with Crippen molar-refractivity contribution in [2.24, 2.45) is 0 Å². The van der Waals surface area contributed by atoms with Crippen molar-refractivity contribution in [3.05, 3.63) is 29.8 Å². The number of benzene rings is 1. The Morgan fingerprint density at radius 3 is 2.48 bits per heavy atom. The third-order valence-corrected chi connectivity index (χ3v) is 2.28. The molecule has 0 heterocycles. The molecular formula is C15H19NO5. The van der Waals surface area contributed by atoms with Gasteiger partial charge in [-0.3, -0.25) is 5.32 Å². The number of amides is 1. The number of methoxy groups -OCH3 is 1. The van der Waals surface area contributed by atoms with Crippen LogP contribution in [0.4, 0.5) is 10.5 Å². The minimum Gasteiger partial charge on any atom is -0.496 e. The molecule has 0 aromatic heterocycles. The number of anilines is 1. The zero-order valence-electron chi connectivity index (χ0n) is 12.5. The highest BCUT2D eigenvalue weighted by Crippen LogP contribution is 2.24. The molecule has 6 heteroatoms. The molecule has 6 nitrogen and oxygen atoms in total. The number of nitrogens with one attached hydrogen (secondary N) is 1. The van der Waals surface area contributed by atoms with Gasteiger partial charge in [0.05, 0.1) is 7.11 Å². The molecule has 1 aromatic carbocycles. The van der Waals surface area contributed by atoms with Crippen LogP contribution in [0.2, 0.25) is 0 Å². The molecule has 0 spiro atoms. The van der Waals surface area contributed by atoms with Crippen molar-refractivity contribution >= 4 is 23.8 Å². The summed E-state index contributed by atoms with van der Waals surface area (Å²) in [7, 11) is 1.48. The van der Waals surface area contributed by atoms with E-state index in [1.807, 2.05) is 0 Å². The number of ether oxygens (including phenoxy) is 2. The van der Waals surface area contributed by atoms with Gasteiger partial charge in [0.1, 0.15) is 11.4 Å². The van der Waals surface area contributed by atoms with Crippen LogP contribution in [0.15, 0.2) is 24.3 Å². The Balaban J connectivity index is 2.92. The molecule has 0 radical (unpaired) electrons. The Labute approximate surface area is 123 Å². The van der Waals surface area contributed by atoms with Crippen molar-refractivity contribution in [3.8, 4) is 5.75 Å². The summed E-state index contributed by atoms with van der Waals surface area (Å²) < 4.78 is 10.3. The molecule has 0 aliphatic rings. The van der Waals surface area contributed by atoms with Gasteiger partial charge < -0.3 is 14.6 Å². The maximum Gasteiger partial charge on any atom is 0.412 e. The second-order valence-electron chi connectivity index (χ2n) is 5.26. The standard InChI is InChI=1S/C15H19NO5/c1-15(2,3)21-14(19)16-11-6-7-12(20-4)10(9-11)5-8-13(17)18/h5-9H,1-4H3,(H,16,19)(H,17,18)/b8-5+. The Kier molecular flexibility index (Phi) is 5.35. The van der Waals surface area contributed by atoms with Crippen LogP contribution in [0.1, 0.15) is 26.3 Å². The first-order chi connectivity index (χ1) is 9.71. The Bertz CT molecular complexity index is 558. The second-order valence-corrected chi connectivity index (χ2v) is 5.26. The van der Waals surface area contributed by atoms with Crippen LogP contribution in [0.25, 0.3) is 6.08 Å². The number of aliphatic carboxylic acids is 1. The van der Waals surface area contributed by atoms with Crippen molar-refractivity contribution < 1.29 is 24.2 Å². The van der Waals surface area contributed by atoms with Crippen molar-refractivity contribution in [2.75, 3.05) is 12.4 Å². The fourth-order valence-electron chi connectivity index (χ4n) is 1.52. The van der Waals surface area contributed by atoms with E-state index < -0.39 is 17.7 Å². The summed E-state index contributed by atoms with van der Waals surface area (Å²) in [5.74, 6) is -0.565. The lowest BCUT2D eigenvalue weighted by Crippen LogP contribution is -2.27. The number of carbonyl (C=O) groups is 2. The third kappa shape index (κ3) is 5.99. The highest BCUT2D eigenvalue weighted by atomic mass is 16.6. The summed E-state index contributed by atoms with van der Waals surface area (Å²) in [5.41, 5.74) is 0.423. The van der Waals surface area contributed by atoms with Crippen molar-refractivity contribution in [3.63, 3.8) is 0 Å². The first kappa shape index (κ1) is 16.6. The maximum absolute atomic E-state index is 11.7. The molecule has 0 aliphatic carbocycles. The molecule has 1 amide bonds. The second kappa shape index (κ2) is 6.78. The summed E-state index contributed by atoms with van der Waals surface area (Å²) in [6.07, 6.45) is 1.80. The summed E-state index contributed by atoms with van der Waals surface area (Å²) >= 11 is 0.